The van der Waals surface area contributed by atoms with Crippen LogP contribution < -0.4 is 5.43 Å². The molecular weight excluding hydrogens is 330 g/mol. The van der Waals surface area contributed by atoms with Gasteiger partial charge in [0, 0.05) is 19.6 Å². The SMILES string of the molecule is O=C(CN1N=CN2NCCC2C1=O)N1CCC(Cc2ccccc2)CC1. The lowest BCUT2D eigenvalue weighted by Gasteiger charge is -2.34. The van der Waals surface area contributed by atoms with Gasteiger partial charge in [-0.1, -0.05) is 30.3 Å². The van der Waals surface area contributed by atoms with E-state index >= 15 is 0 Å². The van der Waals surface area contributed by atoms with Crippen LogP contribution in [0.5, 0.6) is 0 Å². The molecular formula is C19H25N5O2. The van der Waals surface area contributed by atoms with E-state index in [1.807, 2.05) is 11.0 Å². The van der Waals surface area contributed by atoms with E-state index in [1.165, 1.54) is 10.6 Å². The summed E-state index contributed by atoms with van der Waals surface area (Å²) in [4.78, 5) is 26.9. The van der Waals surface area contributed by atoms with Crippen LogP contribution in [-0.2, 0) is 16.0 Å². The number of hydrazine groups is 1. The summed E-state index contributed by atoms with van der Waals surface area (Å²) in [6, 6.07) is 10.3. The summed E-state index contributed by atoms with van der Waals surface area (Å²) >= 11 is 0. The summed E-state index contributed by atoms with van der Waals surface area (Å²) in [6.45, 7) is 2.33. The number of piperidine rings is 1. The molecule has 2 saturated heterocycles. The third kappa shape index (κ3) is 3.58. The van der Waals surface area contributed by atoms with Crippen LogP contribution in [-0.4, -0.2) is 65.3 Å². The highest BCUT2D eigenvalue weighted by Crippen LogP contribution is 2.22. The quantitative estimate of drug-likeness (QED) is 0.869. The van der Waals surface area contributed by atoms with Crippen molar-refractivity contribution in [2.45, 2.75) is 31.7 Å². The second kappa shape index (κ2) is 7.45. The molecule has 3 aliphatic rings. The van der Waals surface area contributed by atoms with Crippen molar-refractivity contribution in [2.24, 2.45) is 11.0 Å². The van der Waals surface area contributed by atoms with E-state index in [0.717, 1.165) is 45.3 Å². The molecule has 3 heterocycles. The third-order valence-corrected chi connectivity index (χ3v) is 5.52. The van der Waals surface area contributed by atoms with Crippen molar-refractivity contribution in [2.75, 3.05) is 26.2 Å². The molecule has 7 nitrogen and oxygen atoms in total. The van der Waals surface area contributed by atoms with Gasteiger partial charge in [0.15, 0.2) is 0 Å². The molecule has 1 aromatic rings. The highest BCUT2D eigenvalue weighted by Gasteiger charge is 2.37. The Morgan fingerprint density at radius 2 is 1.92 bits per heavy atom. The van der Waals surface area contributed by atoms with Crippen LogP contribution >= 0.6 is 0 Å². The van der Waals surface area contributed by atoms with Gasteiger partial charge in [-0.25, -0.2) is 10.4 Å². The molecule has 4 rings (SSSR count). The molecule has 1 aromatic carbocycles. The summed E-state index contributed by atoms with van der Waals surface area (Å²) in [5.41, 5.74) is 4.45. The molecule has 2 fully saturated rings. The highest BCUT2D eigenvalue weighted by atomic mass is 16.2. The summed E-state index contributed by atoms with van der Waals surface area (Å²) in [6.07, 6.45) is 5.46. The number of likely N-dealkylation sites (tertiary alicyclic amines) is 1. The molecule has 1 N–H and O–H groups in total. The van der Waals surface area contributed by atoms with Gasteiger partial charge in [-0.15, -0.1) is 0 Å². The Kier molecular flexibility index (Phi) is 4.88. The topological polar surface area (TPSA) is 68.2 Å². The Morgan fingerprint density at radius 3 is 2.69 bits per heavy atom. The lowest BCUT2D eigenvalue weighted by molar-refractivity contribution is -0.144. The first-order chi connectivity index (χ1) is 12.7. The highest BCUT2D eigenvalue weighted by molar-refractivity contribution is 5.90. The monoisotopic (exact) mass is 355 g/mol. The Morgan fingerprint density at radius 1 is 1.15 bits per heavy atom. The number of nitrogens with one attached hydrogen (secondary N) is 1. The van der Waals surface area contributed by atoms with Crippen LogP contribution in [0.3, 0.4) is 0 Å². The van der Waals surface area contributed by atoms with Crippen LogP contribution in [0.4, 0.5) is 0 Å². The van der Waals surface area contributed by atoms with Gasteiger partial charge in [-0.2, -0.15) is 5.10 Å². The normalized spacial score (nSPS) is 23.5. The van der Waals surface area contributed by atoms with Crippen LogP contribution in [0.2, 0.25) is 0 Å². The zero-order chi connectivity index (χ0) is 17.9. The van der Waals surface area contributed by atoms with E-state index in [4.69, 9.17) is 0 Å². The molecule has 0 bridgehead atoms. The van der Waals surface area contributed by atoms with E-state index in [0.29, 0.717) is 5.92 Å². The Bertz CT molecular complexity index is 684. The van der Waals surface area contributed by atoms with Crippen molar-refractivity contribution >= 4 is 18.2 Å². The molecule has 2 amide bonds. The summed E-state index contributed by atoms with van der Waals surface area (Å²) in [7, 11) is 0. The van der Waals surface area contributed by atoms with Crippen LogP contribution in [0, 0.1) is 5.92 Å². The minimum absolute atomic E-state index is 0.00642. The van der Waals surface area contributed by atoms with Gasteiger partial charge >= 0.3 is 0 Å². The summed E-state index contributed by atoms with van der Waals surface area (Å²) in [5.74, 6) is 0.520. The first-order valence-corrected chi connectivity index (χ1v) is 9.40. The fraction of sp³-hybridized carbons (Fsp3) is 0.526. The number of hydrogen-bond donors (Lipinski definition) is 1. The maximum Gasteiger partial charge on any atom is 0.267 e. The van der Waals surface area contributed by atoms with Crippen molar-refractivity contribution in [3.8, 4) is 0 Å². The molecule has 1 unspecified atom stereocenters. The average Bonchev–Trinajstić information content (AvgIpc) is 3.15. The number of carbonyl (C=O) groups excluding carboxylic acids is 2. The zero-order valence-electron chi connectivity index (χ0n) is 14.9. The van der Waals surface area contributed by atoms with Gasteiger partial charge in [0.25, 0.3) is 5.91 Å². The maximum atomic E-state index is 12.6. The second-order valence-corrected chi connectivity index (χ2v) is 7.26. The minimum atomic E-state index is -0.225. The van der Waals surface area contributed by atoms with E-state index in [2.05, 4.69) is 34.8 Å². The molecule has 0 radical (unpaired) electrons. The van der Waals surface area contributed by atoms with Crippen molar-refractivity contribution in [1.82, 2.24) is 20.3 Å². The largest absolute Gasteiger partial charge is 0.341 e. The van der Waals surface area contributed by atoms with Gasteiger partial charge in [0.05, 0.1) is 0 Å². The van der Waals surface area contributed by atoms with Gasteiger partial charge in [0.1, 0.15) is 18.9 Å². The van der Waals surface area contributed by atoms with Crippen molar-refractivity contribution in [1.29, 1.82) is 0 Å². The average molecular weight is 355 g/mol. The Balaban J connectivity index is 1.27. The molecule has 0 spiro atoms. The number of hydrogen-bond acceptors (Lipinski definition) is 5. The summed E-state index contributed by atoms with van der Waals surface area (Å²) in [5, 5.41) is 7.19. The van der Waals surface area contributed by atoms with Crippen molar-refractivity contribution in [3.05, 3.63) is 35.9 Å². The smallest absolute Gasteiger partial charge is 0.267 e. The molecule has 3 aliphatic heterocycles. The van der Waals surface area contributed by atoms with Gasteiger partial charge in [0.2, 0.25) is 5.91 Å². The number of hydrazone groups is 1. The number of rotatable bonds is 4. The number of amides is 2. The Labute approximate surface area is 153 Å². The Hall–Kier alpha value is -2.41. The molecule has 7 heteroatoms. The van der Waals surface area contributed by atoms with Crippen LogP contribution in [0.15, 0.2) is 35.4 Å². The lowest BCUT2D eigenvalue weighted by Crippen LogP contribution is -2.53. The van der Waals surface area contributed by atoms with Crippen molar-refractivity contribution in [3.63, 3.8) is 0 Å². The predicted molar refractivity (Wildman–Crippen MR) is 97.9 cm³/mol. The predicted octanol–water partition coefficient (Wildman–Crippen LogP) is 0.832. The molecule has 0 aliphatic carbocycles. The number of nitrogens with zero attached hydrogens (tertiary/aromatic N) is 4. The number of carbonyl (C=O) groups is 2. The molecule has 138 valence electrons. The van der Waals surface area contributed by atoms with Gasteiger partial charge in [-0.3, -0.25) is 14.6 Å². The van der Waals surface area contributed by atoms with E-state index in [-0.39, 0.29) is 24.4 Å². The second-order valence-electron chi connectivity index (χ2n) is 7.26. The molecule has 0 saturated carbocycles. The fourth-order valence-electron chi connectivity index (χ4n) is 3.97. The molecule has 0 aromatic heterocycles. The minimum Gasteiger partial charge on any atom is -0.341 e. The van der Waals surface area contributed by atoms with E-state index in [9.17, 15) is 9.59 Å². The number of fused-ring (bicyclic) bond motifs is 1. The maximum absolute atomic E-state index is 12.6. The third-order valence-electron chi connectivity index (χ3n) is 5.52. The van der Waals surface area contributed by atoms with E-state index < -0.39 is 0 Å². The van der Waals surface area contributed by atoms with Gasteiger partial charge in [-0.05, 0) is 37.2 Å². The standard InChI is InChI=1S/C19H25N5O2/c25-18(13-23-19(26)17-6-9-20-24(17)14-21-23)22-10-7-16(8-11-22)12-15-4-2-1-3-5-15/h1-5,14,16-17,20H,6-13H2. The lowest BCUT2D eigenvalue weighted by atomic mass is 9.90. The fourth-order valence-corrected chi connectivity index (χ4v) is 3.97. The zero-order valence-corrected chi connectivity index (χ0v) is 14.9. The first kappa shape index (κ1) is 17.0. The molecule has 26 heavy (non-hydrogen) atoms. The number of benzene rings is 1. The molecule has 1 atom stereocenters. The first-order valence-electron chi connectivity index (χ1n) is 9.40. The van der Waals surface area contributed by atoms with Crippen LogP contribution in [0.25, 0.3) is 0 Å². The van der Waals surface area contributed by atoms with Gasteiger partial charge < -0.3 is 4.90 Å². The van der Waals surface area contributed by atoms with E-state index in [1.54, 1.807) is 11.3 Å². The van der Waals surface area contributed by atoms with Crippen LogP contribution in [0.1, 0.15) is 24.8 Å². The summed E-state index contributed by atoms with van der Waals surface area (Å²) < 4.78 is 0. The van der Waals surface area contributed by atoms with Crippen molar-refractivity contribution < 1.29 is 9.59 Å².